The van der Waals surface area contributed by atoms with Gasteiger partial charge in [-0.1, -0.05) is 6.07 Å². The largest absolute Gasteiger partial charge is 0.442 e. The number of pyridine rings is 1. The van der Waals surface area contributed by atoms with E-state index in [1.165, 1.54) is 10.6 Å². The highest BCUT2D eigenvalue weighted by molar-refractivity contribution is 5.99. The van der Waals surface area contributed by atoms with Gasteiger partial charge in [-0.3, -0.25) is 14.5 Å². The first kappa shape index (κ1) is 16.6. The number of hydrogen-bond donors (Lipinski definition) is 0. The van der Waals surface area contributed by atoms with E-state index in [1.807, 2.05) is 12.1 Å². The number of amides is 1. The quantitative estimate of drug-likeness (QED) is 0.797. The van der Waals surface area contributed by atoms with Crippen molar-refractivity contribution in [2.75, 3.05) is 11.4 Å². The van der Waals surface area contributed by atoms with Crippen molar-refractivity contribution in [1.82, 2.24) is 4.57 Å². The number of cyclic esters (lactones) is 1. The molecule has 1 unspecified atom stereocenters. The van der Waals surface area contributed by atoms with E-state index in [-0.39, 0.29) is 17.4 Å². The topological polar surface area (TPSA) is 68.6 Å². The predicted octanol–water partition coefficient (Wildman–Crippen LogP) is 2.78. The second-order valence-corrected chi connectivity index (χ2v) is 6.78. The van der Waals surface area contributed by atoms with E-state index in [9.17, 15) is 14.4 Å². The van der Waals surface area contributed by atoms with Crippen molar-refractivity contribution < 1.29 is 14.3 Å². The monoisotopic (exact) mass is 352 g/mol. The van der Waals surface area contributed by atoms with Gasteiger partial charge in [0.15, 0.2) is 5.78 Å². The third-order valence-corrected chi connectivity index (χ3v) is 4.97. The summed E-state index contributed by atoms with van der Waals surface area (Å²) in [7, 11) is 0. The minimum atomic E-state index is -0.418. The van der Waals surface area contributed by atoms with E-state index in [0.29, 0.717) is 19.5 Å². The Morgan fingerprint density at radius 3 is 2.73 bits per heavy atom. The number of ether oxygens (including phenoxy) is 1. The number of benzene rings is 1. The van der Waals surface area contributed by atoms with E-state index < -0.39 is 6.09 Å². The maximum atomic E-state index is 12.3. The second-order valence-electron chi connectivity index (χ2n) is 6.78. The zero-order chi connectivity index (χ0) is 18.1. The Bertz CT molecular complexity index is 918. The van der Waals surface area contributed by atoms with E-state index >= 15 is 0 Å². The Morgan fingerprint density at radius 1 is 1.04 bits per heavy atom. The molecule has 1 amide bonds. The molecule has 1 fully saturated rings. The molecule has 26 heavy (non-hydrogen) atoms. The summed E-state index contributed by atoms with van der Waals surface area (Å²) in [5.74, 6) is 0.175. The lowest BCUT2D eigenvalue weighted by atomic mass is 10.0. The van der Waals surface area contributed by atoms with Crippen LogP contribution >= 0.6 is 0 Å². The fraction of sp³-hybridized carbons (Fsp3) is 0.350. The van der Waals surface area contributed by atoms with Crippen molar-refractivity contribution in [2.45, 2.75) is 38.3 Å². The molecule has 1 aromatic heterocycles. The van der Waals surface area contributed by atoms with Crippen molar-refractivity contribution >= 4 is 17.6 Å². The molecule has 0 spiro atoms. The van der Waals surface area contributed by atoms with Crippen LogP contribution in [0.5, 0.6) is 0 Å². The number of rotatable bonds is 3. The number of Topliss-reactive ketones (excluding diaryl/α,β-unsaturated/α-hetero) is 1. The van der Waals surface area contributed by atoms with Crippen LogP contribution in [0.1, 0.15) is 35.2 Å². The number of hydrogen-bond acceptors (Lipinski definition) is 4. The maximum absolute atomic E-state index is 12.3. The van der Waals surface area contributed by atoms with E-state index in [1.54, 1.807) is 29.3 Å². The molecule has 0 saturated carbocycles. The predicted molar refractivity (Wildman–Crippen MR) is 96.6 cm³/mol. The lowest BCUT2D eigenvalue weighted by Crippen LogP contribution is -2.29. The molecule has 2 heterocycles. The summed E-state index contributed by atoms with van der Waals surface area (Å²) in [6.45, 7) is 0.707. The van der Waals surface area contributed by atoms with E-state index in [0.717, 1.165) is 36.1 Å². The van der Waals surface area contributed by atoms with Crippen molar-refractivity contribution in [3.05, 3.63) is 64.1 Å². The minimum absolute atomic E-state index is 0.120. The fourth-order valence-electron chi connectivity index (χ4n) is 3.62. The SMILES string of the molecule is O=C1CCCCc2cc(N3CC(Cn4ccccc4=O)OC3=O)ccc21. The first-order valence-corrected chi connectivity index (χ1v) is 8.91. The number of aromatic nitrogens is 1. The normalized spacial score (nSPS) is 19.8. The van der Waals surface area contributed by atoms with Gasteiger partial charge in [0.05, 0.1) is 13.1 Å². The van der Waals surface area contributed by atoms with Gasteiger partial charge < -0.3 is 9.30 Å². The fourth-order valence-corrected chi connectivity index (χ4v) is 3.62. The highest BCUT2D eigenvalue weighted by Gasteiger charge is 2.33. The molecule has 2 aromatic rings. The van der Waals surface area contributed by atoms with Gasteiger partial charge in [0.1, 0.15) is 6.10 Å². The van der Waals surface area contributed by atoms with Gasteiger partial charge in [-0.05, 0) is 49.1 Å². The van der Waals surface area contributed by atoms with Crippen LogP contribution in [0, 0.1) is 0 Å². The van der Waals surface area contributed by atoms with Crippen LogP contribution in [-0.4, -0.2) is 29.1 Å². The van der Waals surface area contributed by atoms with Crippen molar-refractivity contribution in [2.24, 2.45) is 0 Å². The standard InChI is InChI=1S/C20H20N2O4/c23-18-6-2-1-5-14-11-15(8-9-17(14)18)22-13-16(26-20(22)25)12-21-10-4-3-7-19(21)24/h3-4,7-11,16H,1-2,5-6,12-13H2. The molecule has 0 N–H and O–H groups in total. The van der Waals surface area contributed by atoms with Crippen molar-refractivity contribution in [3.63, 3.8) is 0 Å². The molecule has 1 saturated heterocycles. The number of anilines is 1. The Balaban J connectivity index is 1.54. The molecule has 1 aromatic carbocycles. The first-order valence-electron chi connectivity index (χ1n) is 8.91. The zero-order valence-corrected chi connectivity index (χ0v) is 14.4. The molecule has 6 heteroatoms. The maximum Gasteiger partial charge on any atom is 0.414 e. The van der Waals surface area contributed by atoms with Gasteiger partial charge in [0.25, 0.3) is 5.56 Å². The molecule has 1 aliphatic heterocycles. The molecule has 0 bridgehead atoms. The molecule has 4 rings (SSSR count). The smallest absolute Gasteiger partial charge is 0.414 e. The third kappa shape index (κ3) is 3.14. The lowest BCUT2D eigenvalue weighted by Gasteiger charge is -2.16. The van der Waals surface area contributed by atoms with Crippen LogP contribution in [0.4, 0.5) is 10.5 Å². The highest BCUT2D eigenvalue weighted by Crippen LogP contribution is 2.28. The van der Waals surface area contributed by atoms with Gasteiger partial charge in [0.2, 0.25) is 0 Å². The summed E-state index contributed by atoms with van der Waals surface area (Å²) in [4.78, 5) is 37.9. The van der Waals surface area contributed by atoms with Gasteiger partial charge in [0, 0.05) is 29.9 Å². The van der Waals surface area contributed by atoms with Crippen molar-refractivity contribution in [3.8, 4) is 0 Å². The summed E-state index contributed by atoms with van der Waals surface area (Å²) < 4.78 is 6.98. The van der Waals surface area contributed by atoms with Crippen LogP contribution in [0.15, 0.2) is 47.4 Å². The number of carbonyl (C=O) groups is 2. The van der Waals surface area contributed by atoms with Crippen LogP contribution in [0.2, 0.25) is 0 Å². The van der Waals surface area contributed by atoms with Gasteiger partial charge in [-0.25, -0.2) is 4.79 Å². The molecule has 6 nitrogen and oxygen atoms in total. The van der Waals surface area contributed by atoms with Crippen molar-refractivity contribution in [1.29, 1.82) is 0 Å². The minimum Gasteiger partial charge on any atom is -0.442 e. The Labute approximate surface area is 151 Å². The number of nitrogens with zero attached hydrogens (tertiary/aromatic N) is 2. The summed E-state index contributed by atoms with van der Waals surface area (Å²) >= 11 is 0. The highest BCUT2D eigenvalue weighted by atomic mass is 16.6. The van der Waals surface area contributed by atoms with Crippen LogP contribution in [-0.2, 0) is 17.7 Å². The van der Waals surface area contributed by atoms with Gasteiger partial charge in [-0.2, -0.15) is 0 Å². The molecule has 2 aliphatic rings. The zero-order valence-electron chi connectivity index (χ0n) is 14.4. The summed E-state index contributed by atoms with van der Waals surface area (Å²) in [5.41, 5.74) is 2.39. The van der Waals surface area contributed by atoms with Gasteiger partial charge in [-0.15, -0.1) is 0 Å². The number of fused-ring (bicyclic) bond motifs is 1. The molecule has 0 radical (unpaired) electrons. The molecular formula is C20H20N2O4. The molecule has 1 aliphatic carbocycles. The van der Waals surface area contributed by atoms with E-state index in [2.05, 4.69) is 0 Å². The summed E-state index contributed by atoms with van der Waals surface area (Å²) in [6.07, 6.45) is 4.20. The average Bonchev–Trinajstić information content (AvgIpc) is 2.90. The van der Waals surface area contributed by atoms with Crippen LogP contribution in [0.3, 0.4) is 0 Å². The van der Waals surface area contributed by atoms with Crippen LogP contribution in [0.25, 0.3) is 0 Å². The molecular weight excluding hydrogens is 332 g/mol. The first-order chi connectivity index (χ1) is 12.6. The number of aryl methyl sites for hydroxylation is 1. The van der Waals surface area contributed by atoms with E-state index in [4.69, 9.17) is 4.74 Å². The molecule has 134 valence electrons. The summed E-state index contributed by atoms with van der Waals surface area (Å²) in [5, 5.41) is 0. The average molecular weight is 352 g/mol. The van der Waals surface area contributed by atoms with Gasteiger partial charge >= 0.3 is 6.09 Å². The third-order valence-electron chi connectivity index (χ3n) is 4.97. The molecule has 1 atom stereocenters. The Kier molecular flexibility index (Phi) is 4.32. The summed E-state index contributed by atoms with van der Waals surface area (Å²) in [6, 6.07) is 10.5. The number of carbonyl (C=O) groups excluding carboxylic acids is 2. The lowest BCUT2D eigenvalue weighted by molar-refractivity contribution is 0.0982. The Hall–Kier alpha value is -2.89. The second kappa shape index (κ2) is 6.78. The number of ketones is 1. The van der Waals surface area contributed by atoms with Crippen LogP contribution < -0.4 is 10.5 Å². The Morgan fingerprint density at radius 2 is 1.88 bits per heavy atom.